The second-order valence-corrected chi connectivity index (χ2v) is 10.1. The van der Waals surface area contributed by atoms with Gasteiger partial charge in [-0.2, -0.15) is 0 Å². The molecular formula is C26H27ClFN7O4. The largest absolute Gasteiger partial charge is 0.387 e. The monoisotopic (exact) mass is 555 g/mol. The van der Waals surface area contributed by atoms with Crippen molar-refractivity contribution in [1.82, 2.24) is 29.8 Å². The minimum absolute atomic E-state index is 0.110. The molecule has 0 spiro atoms. The van der Waals surface area contributed by atoms with E-state index in [0.717, 1.165) is 5.56 Å². The van der Waals surface area contributed by atoms with Crippen LogP contribution in [0.2, 0.25) is 5.02 Å². The van der Waals surface area contributed by atoms with Gasteiger partial charge in [-0.05, 0) is 32.9 Å². The number of carbonyl (C=O) groups is 1. The molecule has 4 aromatic rings. The summed E-state index contributed by atoms with van der Waals surface area (Å²) in [5.74, 6) is -0.401. The highest BCUT2D eigenvalue weighted by Crippen LogP contribution is 2.34. The van der Waals surface area contributed by atoms with Crippen LogP contribution in [-0.4, -0.2) is 65.0 Å². The number of hydrogen-bond donors (Lipinski definition) is 4. The molecule has 5 rings (SSSR count). The number of rotatable bonds is 7. The predicted molar refractivity (Wildman–Crippen MR) is 141 cm³/mol. The molecule has 4 heterocycles. The molecular weight excluding hydrogens is 529 g/mol. The Balaban J connectivity index is 1.56. The highest BCUT2D eigenvalue weighted by Gasteiger charge is 2.48. The number of ether oxygens (including phenoxy) is 1. The van der Waals surface area contributed by atoms with Crippen LogP contribution in [0, 0.1) is 12.7 Å². The maximum Gasteiger partial charge on any atom is 0.252 e. The zero-order valence-electron chi connectivity index (χ0n) is 21.3. The van der Waals surface area contributed by atoms with E-state index in [1.165, 1.54) is 29.4 Å². The topological polar surface area (TPSA) is 147 Å². The summed E-state index contributed by atoms with van der Waals surface area (Å²) in [4.78, 5) is 30.3. The zero-order valence-corrected chi connectivity index (χ0v) is 22.1. The van der Waals surface area contributed by atoms with Gasteiger partial charge in [0.2, 0.25) is 0 Å². The number of pyridine rings is 1. The summed E-state index contributed by atoms with van der Waals surface area (Å²) in [5.41, 5.74) is 2.39. The molecule has 4 atom stereocenters. The molecule has 1 fully saturated rings. The lowest BCUT2D eigenvalue weighted by Gasteiger charge is -2.17. The van der Waals surface area contributed by atoms with E-state index in [9.17, 15) is 19.4 Å². The average molecular weight is 556 g/mol. The fourth-order valence-electron chi connectivity index (χ4n) is 4.38. The number of aryl methyl sites for hydroxylation is 1. The van der Waals surface area contributed by atoms with E-state index >= 15 is 0 Å². The molecule has 11 nitrogen and oxygen atoms in total. The lowest BCUT2D eigenvalue weighted by Crippen LogP contribution is -2.45. The van der Waals surface area contributed by atoms with Crippen LogP contribution in [0.4, 0.5) is 10.2 Å². The van der Waals surface area contributed by atoms with E-state index in [-0.39, 0.29) is 35.7 Å². The Morgan fingerprint density at radius 2 is 2.00 bits per heavy atom. The number of aliphatic hydroxyl groups is 2. The number of halogens is 2. The Morgan fingerprint density at radius 3 is 2.74 bits per heavy atom. The lowest BCUT2D eigenvalue weighted by atomic mass is 10.1. The second kappa shape index (κ2) is 10.8. The third-order valence-corrected chi connectivity index (χ3v) is 6.44. The molecule has 0 radical (unpaired) electrons. The summed E-state index contributed by atoms with van der Waals surface area (Å²) < 4.78 is 21.7. The van der Waals surface area contributed by atoms with Crippen molar-refractivity contribution in [1.29, 1.82) is 0 Å². The van der Waals surface area contributed by atoms with Gasteiger partial charge in [-0.25, -0.2) is 19.3 Å². The minimum atomic E-state index is -1.48. The maximum absolute atomic E-state index is 14.4. The van der Waals surface area contributed by atoms with Crippen LogP contribution in [0.5, 0.6) is 0 Å². The number of benzene rings is 1. The molecule has 0 saturated carbocycles. The van der Waals surface area contributed by atoms with E-state index in [1.807, 2.05) is 6.92 Å². The Morgan fingerprint density at radius 1 is 1.21 bits per heavy atom. The van der Waals surface area contributed by atoms with Gasteiger partial charge in [0, 0.05) is 36.1 Å². The van der Waals surface area contributed by atoms with Gasteiger partial charge < -0.3 is 25.6 Å². The van der Waals surface area contributed by atoms with Crippen molar-refractivity contribution in [2.24, 2.45) is 0 Å². The fraction of sp³-hybridized carbons (Fsp3) is 0.346. The van der Waals surface area contributed by atoms with Crippen molar-refractivity contribution in [3.63, 3.8) is 0 Å². The van der Waals surface area contributed by atoms with Gasteiger partial charge >= 0.3 is 0 Å². The van der Waals surface area contributed by atoms with Crippen molar-refractivity contribution in [2.75, 3.05) is 5.32 Å². The molecule has 4 N–H and O–H groups in total. The van der Waals surface area contributed by atoms with E-state index in [2.05, 4.69) is 30.6 Å². The van der Waals surface area contributed by atoms with Gasteiger partial charge in [0.05, 0.1) is 11.3 Å². The van der Waals surface area contributed by atoms with Crippen LogP contribution >= 0.6 is 11.6 Å². The van der Waals surface area contributed by atoms with Gasteiger partial charge in [-0.15, -0.1) is 0 Å². The summed E-state index contributed by atoms with van der Waals surface area (Å²) in [6.07, 6.45) is -1.02. The summed E-state index contributed by atoms with van der Waals surface area (Å²) in [7, 11) is 0. The van der Waals surface area contributed by atoms with Crippen molar-refractivity contribution in [2.45, 2.75) is 57.9 Å². The van der Waals surface area contributed by atoms with E-state index < -0.39 is 30.4 Å². The molecule has 0 aliphatic carbocycles. The summed E-state index contributed by atoms with van der Waals surface area (Å²) in [6.45, 7) is 5.53. The van der Waals surface area contributed by atoms with Crippen LogP contribution in [0.25, 0.3) is 22.6 Å². The predicted octanol–water partition coefficient (Wildman–Crippen LogP) is 2.75. The SMILES string of the molecule is Cc1ccc(F)c(CNc2nc(-c3cncc(Cl)c3)nc3c2ncn3[C@@H]2O[C@H](C(=O)NC(C)C)[C@@H](O)[C@H]2O)c1. The van der Waals surface area contributed by atoms with E-state index in [1.54, 1.807) is 32.0 Å². The van der Waals surface area contributed by atoms with Gasteiger partial charge in [-0.3, -0.25) is 14.3 Å². The number of carbonyl (C=O) groups excluding carboxylic acids is 1. The smallest absolute Gasteiger partial charge is 0.252 e. The highest BCUT2D eigenvalue weighted by atomic mass is 35.5. The number of hydrogen-bond acceptors (Lipinski definition) is 9. The normalized spacial score (nSPS) is 21.0. The lowest BCUT2D eigenvalue weighted by molar-refractivity contribution is -0.138. The van der Waals surface area contributed by atoms with Crippen molar-refractivity contribution >= 4 is 34.5 Å². The van der Waals surface area contributed by atoms with Gasteiger partial charge in [0.25, 0.3) is 5.91 Å². The van der Waals surface area contributed by atoms with Crippen molar-refractivity contribution < 1.29 is 24.1 Å². The molecule has 13 heteroatoms. The molecule has 0 bridgehead atoms. The van der Waals surface area contributed by atoms with Crippen LogP contribution in [0.3, 0.4) is 0 Å². The molecule has 0 unspecified atom stereocenters. The first-order valence-corrected chi connectivity index (χ1v) is 12.7. The molecule has 1 aliphatic heterocycles. The third-order valence-electron chi connectivity index (χ3n) is 6.23. The number of nitrogens with one attached hydrogen (secondary N) is 2. The number of aliphatic hydroxyl groups excluding tert-OH is 2. The van der Waals surface area contributed by atoms with E-state index in [0.29, 0.717) is 21.7 Å². The number of imidazole rings is 1. The van der Waals surface area contributed by atoms with Crippen LogP contribution in [-0.2, 0) is 16.1 Å². The fourth-order valence-corrected chi connectivity index (χ4v) is 4.55. The molecule has 39 heavy (non-hydrogen) atoms. The molecule has 1 aromatic carbocycles. The van der Waals surface area contributed by atoms with Crippen molar-refractivity contribution in [3.05, 3.63) is 65.0 Å². The van der Waals surface area contributed by atoms with Crippen LogP contribution < -0.4 is 10.6 Å². The summed E-state index contributed by atoms with van der Waals surface area (Å²) >= 11 is 6.15. The summed E-state index contributed by atoms with van der Waals surface area (Å²) in [6, 6.07) is 6.26. The average Bonchev–Trinajstić information content (AvgIpc) is 3.44. The number of nitrogens with zero attached hydrogens (tertiary/aromatic N) is 5. The minimum Gasteiger partial charge on any atom is -0.387 e. The summed E-state index contributed by atoms with van der Waals surface area (Å²) in [5, 5.41) is 27.6. The standard InChI is InChI=1S/C26H27ClFN7O4/c1-12(2)32-25(38)21-19(36)20(37)26(39-21)35-11-31-18-23(30-9-14-6-13(3)4-5-17(14)28)33-22(34-24(18)35)15-7-16(27)10-29-8-15/h4-8,10-12,19-21,26,36-37H,9H2,1-3H3,(H,32,38)(H,30,33,34)/t19-,20+,21-,26+/m0/s1. The Kier molecular flexibility index (Phi) is 7.45. The maximum atomic E-state index is 14.4. The number of fused-ring (bicyclic) bond motifs is 1. The Bertz CT molecular complexity index is 1530. The Labute approximate surface area is 228 Å². The first-order valence-electron chi connectivity index (χ1n) is 12.3. The molecule has 1 saturated heterocycles. The Hall–Kier alpha value is -3.71. The molecule has 204 valence electrons. The van der Waals surface area contributed by atoms with Crippen molar-refractivity contribution in [3.8, 4) is 11.4 Å². The molecule has 1 amide bonds. The highest BCUT2D eigenvalue weighted by molar-refractivity contribution is 6.30. The van der Waals surface area contributed by atoms with Gasteiger partial charge in [-0.1, -0.05) is 29.3 Å². The number of anilines is 1. The van der Waals surface area contributed by atoms with E-state index in [4.69, 9.17) is 16.3 Å². The van der Waals surface area contributed by atoms with Gasteiger partial charge in [0.1, 0.15) is 18.0 Å². The number of aromatic nitrogens is 5. The van der Waals surface area contributed by atoms with Gasteiger partial charge in [0.15, 0.2) is 35.1 Å². The first-order chi connectivity index (χ1) is 18.6. The van der Waals surface area contributed by atoms with Crippen LogP contribution in [0.1, 0.15) is 31.2 Å². The molecule has 1 aliphatic rings. The first kappa shape index (κ1) is 26.9. The third kappa shape index (κ3) is 5.41. The number of amides is 1. The molecule has 3 aromatic heterocycles. The van der Waals surface area contributed by atoms with Crippen LogP contribution in [0.15, 0.2) is 43.0 Å². The quantitative estimate of drug-likeness (QED) is 0.270. The zero-order chi connectivity index (χ0) is 27.8. The second-order valence-electron chi connectivity index (χ2n) is 9.65.